The fourth-order valence-corrected chi connectivity index (χ4v) is 1.43. The largest absolute Gasteiger partial charge is 0.465 e. The molecule has 64 valence electrons. The second-order valence-corrected chi connectivity index (χ2v) is 3.11. The average molecular weight is 159 g/mol. The number of rotatable bonds is 1. The first-order valence-electron chi connectivity index (χ1n) is 3.74. The van der Waals surface area contributed by atoms with E-state index in [1.807, 2.05) is 6.92 Å². The second kappa shape index (κ2) is 3.09. The lowest BCUT2D eigenvalue weighted by Crippen LogP contribution is -2.27. The van der Waals surface area contributed by atoms with Gasteiger partial charge in [0.1, 0.15) is 0 Å². The van der Waals surface area contributed by atoms with Crippen molar-refractivity contribution in [3.05, 3.63) is 0 Å². The molecule has 0 radical (unpaired) electrons. The molecule has 0 aromatic heterocycles. The van der Waals surface area contributed by atoms with Gasteiger partial charge in [-0.05, 0) is 5.92 Å². The first-order valence-corrected chi connectivity index (χ1v) is 3.74. The van der Waals surface area contributed by atoms with Crippen LogP contribution in [0.4, 0.5) is 4.79 Å². The molecule has 1 heterocycles. The van der Waals surface area contributed by atoms with Crippen LogP contribution in [0.1, 0.15) is 6.92 Å². The fraction of sp³-hybridized carbons (Fsp3) is 0.857. The highest BCUT2D eigenvalue weighted by Crippen LogP contribution is 2.21. The normalized spacial score (nSPS) is 30.9. The molecule has 1 aliphatic rings. The van der Waals surface area contributed by atoms with Crippen molar-refractivity contribution in [3.63, 3.8) is 0 Å². The van der Waals surface area contributed by atoms with E-state index in [1.54, 1.807) is 0 Å². The molecule has 4 heteroatoms. The number of carboxylic acid groups (broad SMARTS) is 1. The summed E-state index contributed by atoms with van der Waals surface area (Å²) in [6.45, 7) is 3.09. The van der Waals surface area contributed by atoms with Crippen molar-refractivity contribution in [1.82, 2.24) is 4.90 Å². The lowest BCUT2D eigenvalue weighted by atomic mass is 10.00. The molecule has 0 spiro atoms. The van der Waals surface area contributed by atoms with E-state index >= 15 is 0 Å². The zero-order valence-electron chi connectivity index (χ0n) is 6.53. The van der Waals surface area contributed by atoms with Gasteiger partial charge >= 0.3 is 6.09 Å². The van der Waals surface area contributed by atoms with Crippen molar-refractivity contribution in [2.45, 2.75) is 6.92 Å². The molecular weight excluding hydrogens is 146 g/mol. The third kappa shape index (κ3) is 1.63. The van der Waals surface area contributed by atoms with Gasteiger partial charge in [0.25, 0.3) is 0 Å². The monoisotopic (exact) mass is 159 g/mol. The number of aliphatic hydroxyl groups excluding tert-OH is 1. The molecule has 0 unspecified atom stereocenters. The number of carbonyl (C=O) groups is 1. The van der Waals surface area contributed by atoms with E-state index in [0.29, 0.717) is 13.1 Å². The number of aliphatic hydroxyl groups is 1. The maximum Gasteiger partial charge on any atom is 0.407 e. The predicted octanol–water partition coefficient (Wildman–Crippen LogP) is 0.225. The first kappa shape index (κ1) is 8.33. The Labute approximate surface area is 65.4 Å². The smallest absolute Gasteiger partial charge is 0.407 e. The highest BCUT2D eigenvalue weighted by Gasteiger charge is 2.31. The minimum absolute atomic E-state index is 0.0882. The molecule has 0 aliphatic carbocycles. The van der Waals surface area contributed by atoms with Gasteiger partial charge in [-0.3, -0.25) is 0 Å². The fourth-order valence-electron chi connectivity index (χ4n) is 1.43. The quantitative estimate of drug-likeness (QED) is 0.575. The van der Waals surface area contributed by atoms with Crippen LogP contribution < -0.4 is 0 Å². The number of hydrogen-bond donors (Lipinski definition) is 2. The van der Waals surface area contributed by atoms with E-state index in [0.717, 1.165) is 0 Å². The van der Waals surface area contributed by atoms with Gasteiger partial charge in [0, 0.05) is 25.6 Å². The second-order valence-electron chi connectivity index (χ2n) is 3.11. The Morgan fingerprint density at radius 3 is 2.55 bits per heavy atom. The molecule has 0 aromatic carbocycles. The van der Waals surface area contributed by atoms with Crippen LogP contribution in [0.25, 0.3) is 0 Å². The van der Waals surface area contributed by atoms with Gasteiger partial charge in [0.15, 0.2) is 0 Å². The van der Waals surface area contributed by atoms with Crippen LogP contribution >= 0.6 is 0 Å². The van der Waals surface area contributed by atoms with Crippen LogP contribution in [0.2, 0.25) is 0 Å². The highest BCUT2D eigenvalue weighted by molar-refractivity contribution is 5.65. The Morgan fingerprint density at radius 2 is 2.27 bits per heavy atom. The number of nitrogens with zero attached hydrogens (tertiary/aromatic N) is 1. The molecule has 2 N–H and O–H groups in total. The van der Waals surface area contributed by atoms with Crippen LogP contribution in [0.3, 0.4) is 0 Å². The molecule has 1 rings (SSSR count). The summed E-state index contributed by atoms with van der Waals surface area (Å²) in [6, 6.07) is 0. The number of amides is 1. The van der Waals surface area contributed by atoms with E-state index in [-0.39, 0.29) is 18.4 Å². The summed E-state index contributed by atoms with van der Waals surface area (Å²) in [5, 5.41) is 17.4. The highest BCUT2D eigenvalue weighted by atomic mass is 16.4. The summed E-state index contributed by atoms with van der Waals surface area (Å²) in [6.07, 6.45) is -0.882. The third-order valence-electron chi connectivity index (χ3n) is 2.27. The van der Waals surface area contributed by atoms with E-state index in [1.165, 1.54) is 4.90 Å². The van der Waals surface area contributed by atoms with Crippen LogP contribution in [0, 0.1) is 11.8 Å². The van der Waals surface area contributed by atoms with Gasteiger partial charge in [0.2, 0.25) is 0 Å². The average Bonchev–Trinajstić information content (AvgIpc) is 2.31. The summed E-state index contributed by atoms with van der Waals surface area (Å²) in [4.78, 5) is 11.8. The number of hydrogen-bond acceptors (Lipinski definition) is 2. The van der Waals surface area contributed by atoms with Crippen LogP contribution in [-0.4, -0.2) is 40.9 Å². The molecule has 1 amide bonds. The zero-order valence-corrected chi connectivity index (χ0v) is 6.53. The van der Waals surface area contributed by atoms with Crippen LogP contribution in [-0.2, 0) is 0 Å². The Morgan fingerprint density at radius 1 is 1.64 bits per heavy atom. The Balaban J connectivity index is 2.49. The van der Waals surface area contributed by atoms with E-state index in [2.05, 4.69) is 0 Å². The van der Waals surface area contributed by atoms with Crippen molar-refractivity contribution in [3.8, 4) is 0 Å². The molecule has 0 aromatic rings. The number of likely N-dealkylation sites (tertiary alicyclic amines) is 1. The molecular formula is C7H13NO3. The standard InChI is InChI=1S/C7H13NO3/c1-5-2-8(7(10)11)3-6(5)4-9/h5-6,9H,2-4H2,1H3,(H,10,11)/t5-,6+/m1/s1. The van der Waals surface area contributed by atoms with Gasteiger partial charge in [0.05, 0.1) is 0 Å². The van der Waals surface area contributed by atoms with Crippen molar-refractivity contribution >= 4 is 6.09 Å². The van der Waals surface area contributed by atoms with Crippen LogP contribution in [0.15, 0.2) is 0 Å². The molecule has 11 heavy (non-hydrogen) atoms. The minimum atomic E-state index is -0.882. The van der Waals surface area contributed by atoms with Gasteiger partial charge in [-0.1, -0.05) is 6.92 Å². The molecule has 0 saturated carbocycles. The summed E-state index contributed by atoms with van der Waals surface area (Å²) in [5.74, 6) is 0.419. The van der Waals surface area contributed by atoms with Gasteiger partial charge in [-0.25, -0.2) is 4.79 Å². The topological polar surface area (TPSA) is 60.8 Å². The Kier molecular flexibility index (Phi) is 2.34. The third-order valence-corrected chi connectivity index (χ3v) is 2.27. The summed E-state index contributed by atoms with van der Waals surface area (Å²) in [7, 11) is 0. The van der Waals surface area contributed by atoms with E-state index in [9.17, 15) is 4.79 Å². The molecule has 2 atom stereocenters. The van der Waals surface area contributed by atoms with Crippen molar-refractivity contribution < 1.29 is 15.0 Å². The van der Waals surface area contributed by atoms with E-state index < -0.39 is 6.09 Å². The van der Waals surface area contributed by atoms with Crippen molar-refractivity contribution in [1.29, 1.82) is 0 Å². The SMILES string of the molecule is C[C@@H]1CN(C(=O)O)C[C@H]1CO. The van der Waals surface area contributed by atoms with Gasteiger partial charge in [-0.15, -0.1) is 0 Å². The van der Waals surface area contributed by atoms with Crippen molar-refractivity contribution in [2.75, 3.05) is 19.7 Å². The first-order chi connectivity index (χ1) is 5.15. The van der Waals surface area contributed by atoms with Crippen molar-refractivity contribution in [2.24, 2.45) is 11.8 Å². The molecule has 1 fully saturated rings. The van der Waals surface area contributed by atoms with E-state index in [4.69, 9.17) is 10.2 Å². The van der Waals surface area contributed by atoms with Crippen LogP contribution in [0.5, 0.6) is 0 Å². The maximum absolute atomic E-state index is 10.5. The summed E-state index contributed by atoms with van der Waals surface area (Å²) >= 11 is 0. The molecule has 1 aliphatic heterocycles. The Bertz CT molecular complexity index is 160. The predicted molar refractivity (Wildman–Crippen MR) is 39.3 cm³/mol. The van der Waals surface area contributed by atoms with Gasteiger partial charge < -0.3 is 15.1 Å². The summed E-state index contributed by atoms with van der Waals surface area (Å²) in [5.41, 5.74) is 0. The molecule has 4 nitrogen and oxygen atoms in total. The molecule has 0 bridgehead atoms. The zero-order chi connectivity index (χ0) is 8.43. The van der Waals surface area contributed by atoms with Gasteiger partial charge in [-0.2, -0.15) is 0 Å². The lowest BCUT2D eigenvalue weighted by molar-refractivity contribution is 0.150. The summed E-state index contributed by atoms with van der Waals surface area (Å²) < 4.78 is 0. The minimum Gasteiger partial charge on any atom is -0.465 e. The lowest BCUT2D eigenvalue weighted by Gasteiger charge is -2.09. The maximum atomic E-state index is 10.5. The molecule has 1 saturated heterocycles. The Hall–Kier alpha value is -0.770.